The van der Waals surface area contributed by atoms with Crippen LogP contribution in [-0.4, -0.2) is 46.6 Å². The van der Waals surface area contributed by atoms with Crippen molar-refractivity contribution in [3.8, 4) is 11.4 Å². The molecule has 164 valence electrons. The number of amidine groups is 1. The number of benzene rings is 1. The molecule has 5 rings (SSSR count). The Labute approximate surface area is 184 Å². The monoisotopic (exact) mass is 420 g/mol. The highest BCUT2D eigenvalue weighted by Crippen LogP contribution is 2.35. The molecule has 2 fully saturated rings. The van der Waals surface area contributed by atoms with Crippen LogP contribution in [0.3, 0.4) is 0 Å². The van der Waals surface area contributed by atoms with Gasteiger partial charge in [-0.05, 0) is 67.9 Å². The molecule has 1 atom stereocenters. The maximum Gasteiger partial charge on any atom is 0.171 e. The van der Waals surface area contributed by atoms with Crippen molar-refractivity contribution in [1.29, 1.82) is 0 Å². The second kappa shape index (κ2) is 8.77. The first-order valence-electron chi connectivity index (χ1n) is 11.6. The fraction of sp³-hybridized carbons (Fsp3) is 0.520. The van der Waals surface area contributed by atoms with E-state index >= 15 is 0 Å². The molecule has 0 unspecified atom stereocenters. The molecule has 2 aliphatic heterocycles. The lowest BCUT2D eigenvalue weighted by molar-refractivity contribution is 0.0243. The van der Waals surface area contributed by atoms with E-state index in [9.17, 15) is 0 Å². The summed E-state index contributed by atoms with van der Waals surface area (Å²) in [5.41, 5.74) is 4.36. The van der Waals surface area contributed by atoms with Crippen LogP contribution in [0.4, 0.5) is 0 Å². The van der Waals surface area contributed by atoms with Gasteiger partial charge in [-0.2, -0.15) is 0 Å². The Morgan fingerprint density at radius 3 is 2.81 bits per heavy atom. The molecule has 1 saturated heterocycles. The molecule has 0 N–H and O–H groups in total. The van der Waals surface area contributed by atoms with Crippen LogP contribution >= 0.6 is 0 Å². The molecule has 3 heterocycles. The third kappa shape index (κ3) is 4.08. The highest BCUT2D eigenvalue weighted by Gasteiger charge is 2.36. The van der Waals surface area contributed by atoms with E-state index in [2.05, 4.69) is 39.3 Å². The molecule has 0 spiro atoms. The summed E-state index contributed by atoms with van der Waals surface area (Å²) >= 11 is 0. The Bertz CT molecular complexity index is 987. The smallest absolute Gasteiger partial charge is 0.171 e. The zero-order chi connectivity index (χ0) is 21.2. The number of rotatable bonds is 4. The summed E-state index contributed by atoms with van der Waals surface area (Å²) in [4.78, 5) is 12.6. The topological polar surface area (TPSA) is 51.9 Å². The molecule has 3 aliphatic rings. The van der Waals surface area contributed by atoms with E-state index in [1.54, 1.807) is 7.11 Å². The van der Waals surface area contributed by atoms with Crippen molar-refractivity contribution < 1.29 is 9.57 Å². The normalized spacial score (nSPS) is 23.3. The van der Waals surface area contributed by atoms with Gasteiger partial charge >= 0.3 is 0 Å². The molecular formula is C25H32N4O2. The van der Waals surface area contributed by atoms with Gasteiger partial charge in [-0.3, -0.25) is 0 Å². The molecule has 6 heteroatoms. The van der Waals surface area contributed by atoms with Gasteiger partial charge in [0.15, 0.2) is 5.84 Å². The maximum atomic E-state index is 5.77. The SMILES string of the molecule is COc1cc(/C=C2\CCCN3C2=NOC[C@H]3C2CCCCC2)ccc1-n1cnc(C)c1. The summed E-state index contributed by atoms with van der Waals surface area (Å²) in [6.45, 7) is 3.81. The predicted octanol–water partition coefficient (Wildman–Crippen LogP) is 4.96. The molecule has 31 heavy (non-hydrogen) atoms. The molecule has 1 aromatic heterocycles. The van der Waals surface area contributed by atoms with Gasteiger partial charge in [-0.15, -0.1) is 0 Å². The van der Waals surface area contributed by atoms with Crippen molar-refractivity contribution in [2.45, 2.75) is 57.9 Å². The number of hydrogen-bond acceptors (Lipinski definition) is 5. The van der Waals surface area contributed by atoms with Gasteiger partial charge in [0.2, 0.25) is 0 Å². The highest BCUT2D eigenvalue weighted by molar-refractivity contribution is 6.02. The van der Waals surface area contributed by atoms with Crippen molar-refractivity contribution in [2.24, 2.45) is 11.1 Å². The summed E-state index contributed by atoms with van der Waals surface area (Å²) in [5.74, 6) is 2.61. The van der Waals surface area contributed by atoms with Crippen LogP contribution in [0.5, 0.6) is 5.75 Å². The summed E-state index contributed by atoms with van der Waals surface area (Å²) in [6, 6.07) is 6.80. The number of aromatic nitrogens is 2. The van der Waals surface area contributed by atoms with E-state index in [4.69, 9.17) is 9.57 Å². The zero-order valence-electron chi connectivity index (χ0n) is 18.6. The summed E-state index contributed by atoms with van der Waals surface area (Å²) in [5, 5.41) is 4.52. The average Bonchev–Trinajstić information content (AvgIpc) is 3.25. The number of piperidine rings is 1. The quantitative estimate of drug-likeness (QED) is 0.701. The van der Waals surface area contributed by atoms with Gasteiger partial charge < -0.3 is 19.0 Å². The van der Waals surface area contributed by atoms with Crippen LogP contribution in [0.1, 0.15) is 56.2 Å². The lowest BCUT2D eigenvalue weighted by Crippen LogP contribution is -2.52. The Balaban J connectivity index is 1.41. The molecule has 1 aromatic carbocycles. The number of ether oxygens (including phenoxy) is 1. The van der Waals surface area contributed by atoms with Gasteiger partial charge in [0, 0.05) is 12.7 Å². The minimum Gasteiger partial charge on any atom is -0.495 e. The van der Waals surface area contributed by atoms with Crippen molar-refractivity contribution in [3.05, 3.63) is 47.6 Å². The Hall–Kier alpha value is -2.76. The number of nitrogens with zero attached hydrogens (tertiary/aromatic N) is 4. The second-order valence-electron chi connectivity index (χ2n) is 9.00. The molecule has 1 aliphatic carbocycles. The van der Waals surface area contributed by atoms with Crippen LogP contribution in [-0.2, 0) is 4.84 Å². The standard InChI is InChI=1S/C25H32N4O2/c1-18-15-28(17-26-18)22-11-10-19(14-24(22)30-2)13-21-9-6-12-29-23(16-31-27-25(21)29)20-7-4-3-5-8-20/h10-11,13-15,17,20,23H,3-9,12,16H2,1-2H3/b21-13+/t23-/m0/s1. The van der Waals surface area contributed by atoms with Gasteiger partial charge in [0.25, 0.3) is 0 Å². The van der Waals surface area contributed by atoms with Crippen LogP contribution in [0, 0.1) is 12.8 Å². The minimum absolute atomic E-state index is 0.470. The van der Waals surface area contributed by atoms with Crippen LogP contribution in [0.2, 0.25) is 0 Å². The Kier molecular flexibility index (Phi) is 5.70. The molecule has 6 nitrogen and oxygen atoms in total. The number of fused-ring (bicyclic) bond motifs is 1. The number of methoxy groups -OCH3 is 1. The van der Waals surface area contributed by atoms with Crippen molar-refractivity contribution >= 4 is 11.9 Å². The fourth-order valence-electron chi connectivity index (χ4n) is 5.34. The fourth-order valence-corrected chi connectivity index (χ4v) is 5.34. The van der Waals surface area contributed by atoms with E-state index in [1.807, 2.05) is 24.0 Å². The van der Waals surface area contributed by atoms with Gasteiger partial charge in [-0.1, -0.05) is 30.5 Å². The summed E-state index contributed by atoms with van der Waals surface area (Å²) in [6.07, 6.45) is 15.0. The number of oxime groups is 1. The first-order chi connectivity index (χ1) is 15.2. The Morgan fingerprint density at radius 2 is 2.03 bits per heavy atom. The first kappa shape index (κ1) is 20.2. The molecule has 2 aromatic rings. The van der Waals surface area contributed by atoms with Crippen molar-refractivity contribution in [1.82, 2.24) is 14.5 Å². The van der Waals surface area contributed by atoms with E-state index in [1.165, 1.54) is 37.7 Å². The third-order valence-electron chi connectivity index (χ3n) is 6.93. The van der Waals surface area contributed by atoms with E-state index in [0.717, 1.165) is 60.4 Å². The minimum atomic E-state index is 0.470. The largest absolute Gasteiger partial charge is 0.495 e. The van der Waals surface area contributed by atoms with E-state index in [0.29, 0.717) is 6.04 Å². The van der Waals surface area contributed by atoms with Crippen molar-refractivity contribution in [3.63, 3.8) is 0 Å². The first-order valence-corrected chi connectivity index (χ1v) is 11.6. The molecule has 0 amide bonds. The summed E-state index contributed by atoms with van der Waals surface area (Å²) < 4.78 is 7.70. The maximum absolute atomic E-state index is 5.77. The second-order valence-corrected chi connectivity index (χ2v) is 9.00. The molecule has 0 bridgehead atoms. The van der Waals surface area contributed by atoms with Gasteiger partial charge in [-0.25, -0.2) is 4.98 Å². The van der Waals surface area contributed by atoms with Gasteiger partial charge in [0.1, 0.15) is 12.4 Å². The lowest BCUT2D eigenvalue weighted by atomic mass is 9.82. The average molecular weight is 421 g/mol. The third-order valence-corrected chi connectivity index (χ3v) is 6.93. The molecule has 0 radical (unpaired) electrons. The van der Waals surface area contributed by atoms with Gasteiger partial charge in [0.05, 0.1) is 30.9 Å². The summed E-state index contributed by atoms with van der Waals surface area (Å²) in [7, 11) is 1.72. The number of hydrogen-bond donors (Lipinski definition) is 0. The van der Waals surface area contributed by atoms with E-state index in [-0.39, 0.29) is 0 Å². The molecular weight excluding hydrogens is 388 g/mol. The highest BCUT2D eigenvalue weighted by atomic mass is 16.6. The number of aryl methyl sites for hydroxylation is 1. The predicted molar refractivity (Wildman–Crippen MR) is 123 cm³/mol. The van der Waals surface area contributed by atoms with E-state index < -0.39 is 0 Å². The number of imidazole rings is 1. The lowest BCUT2D eigenvalue weighted by Gasteiger charge is -2.44. The van der Waals surface area contributed by atoms with Crippen molar-refractivity contribution in [2.75, 3.05) is 20.3 Å². The zero-order valence-corrected chi connectivity index (χ0v) is 18.6. The van der Waals surface area contributed by atoms with Crippen LogP contribution in [0.25, 0.3) is 11.8 Å². The van der Waals surface area contributed by atoms with Crippen LogP contribution in [0.15, 0.2) is 41.5 Å². The van der Waals surface area contributed by atoms with Crippen LogP contribution < -0.4 is 4.74 Å². The Morgan fingerprint density at radius 1 is 1.16 bits per heavy atom. The molecule has 1 saturated carbocycles.